The second-order valence-corrected chi connectivity index (χ2v) is 7.44. The Labute approximate surface area is 170 Å². The smallest absolute Gasteiger partial charge is 0.279 e. The van der Waals surface area contributed by atoms with Crippen molar-refractivity contribution in [3.05, 3.63) is 59.9 Å². The van der Waals surface area contributed by atoms with Crippen molar-refractivity contribution in [1.29, 1.82) is 0 Å². The van der Waals surface area contributed by atoms with Gasteiger partial charge in [-0.15, -0.1) is 0 Å². The number of carbonyl (C=O) groups is 2. The Morgan fingerprint density at radius 1 is 1.17 bits per heavy atom. The maximum absolute atomic E-state index is 14.0. The first kappa shape index (κ1) is 20.8. The van der Waals surface area contributed by atoms with Crippen molar-refractivity contribution in [3.63, 3.8) is 0 Å². The minimum absolute atomic E-state index is 0.0672. The van der Waals surface area contributed by atoms with Crippen LogP contribution in [0.4, 0.5) is 10.1 Å². The summed E-state index contributed by atoms with van der Waals surface area (Å²) in [4.78, 5) is 27.6. The lowest BCUT2D eigenvalue weighted by Crippen LogP contribution is -3.11. The third-order valence-corrected chi connectivity index (χ3v) is 4.88. The van der Waals surface area contributed by atoms with E-state index < -0.39 is 0 Å². The van der Waals surface area contributed by atoms with Gasteiger partial charge in [0.05, 0.1) is 14.2 Å². The van der Waals surface area contributed by atoms with Gasteiger partial charge in [-0.2, -0.15) is 0 Å². The summed E-state index contributed by atoms with van der Waals surface area (Å²) in [5.74, 6) is 0.106. The van der Waals surface area contributed by atoms with Crippen molar-refractivity contribution in [2.24, 2.45) is 0 Å². The van der Waals surface area contributed by atoms with Gasteiger partial charge in [-0.05, 0) is 31.0 Å². The van der Waals surface area contributed by atoms with Crippen LogP contribution in [-0.2, 0) is 16.1 Å². The molecule has 29 heavy (non-hydrogen) atoms. The number of anilines is 1. The van der Waals surface area contributed by atoms with E-state index in [0.717, 1.165) is 17.7 Å². The van der Waals surface area contributed by atoms with E-state index >= 15 is 0 Å². The van der Waals surface area contributed by atoms with Crippen molar-refractivity contribution in [1.82, 2.24) is 4.90 Å². The molecule has 0 aliphatic heterocycles. The monoisotopic (exact) mass is 400 g/mol. The summed E-state index contributed by atoms with van der Waals surface area (Å²) in [5, 5.41) is 2.82. The maximum Gasteiger partial charge on any atom is 0.279 e. The van der Waals surface area contributed by atoms with Gasteiger partial charge in [0, 0.05) is 29.9 Å². The topological polar surface area (TPSA) is 63.1 Å². The highest BCUT2D eigenvalue weighted by Crippen LogP contribution is 2.28. The summed E-state index contributed by atoms with van der Waals surface area (Å²) in [6.07, 6.45) is 1.88. The Kier molecular flexibility index (Phi) is 6.82. The largest absolute Gasteiger partial charge is 0.497 e. The Bertz CT molecular complexity index is 870. The second kappa shape index (κ2) is 9.52. The molecule has 0 radical (unpaired) electrons. The molecule has 2 N–H and O–H groups in total. The summed E-state index contributed by atoms with van der Waals surface area (Å²) in [7, 11) is 3.37. The number of amides is 2. The molecule has 1 aliphatic rings. The molecule has 0 spiro atoms. The van der Waals surface area contributed by atoms with Crippen LogP contribution in [0.3, 0.4) is 0 Å². The lowest BCUT2D eigenvalue weighted by Gasteiger charge is -2.24. The van der Waals surface area contributed by atoms with E-state index in [1.54, 1.807) is 61.5 Å². The predicted octanol–water partition coefficient (Wildman–Crippen LogP) is 1.48. The van der Waals surface area contributed by atoms with Gasteiger partial charge in [0.25, 0.3) is 11.8 Å². The molecule has 1 unspecified atom stereocenters. The van der Waals surface area contributed by atoms with Gasteiger partial charge >= 0.3 is 0 Å². The molecule has 3 rings (SSSR count). The highest BCUT2D eigenvalue weighted by molar-refractivity contribution is 5.91. The number of ether oxygens (including phenoxy) is 1. The number of nitrogens with one attached hydrogen (secondary N) is 2. The van der Waals surface area contributed by atoms with Gasteiger partial charge in [-0.25, -0.2) is 4.39 Å². The number of likely N-dealkylation sites (N-methyl/N-ethyl adjacent to an activating group) is 1. The van der Waals surface area contributed by atoms with Gasteiger partial charge in [-0.1, -0.05) is 24.3 Å². The second-order valence-electron chi connectivity index (χ2n) is 7.44. The highest BCUT2D eigenvalue weighted by atomic mass is 19.1. The summed E-state index contributed by atoms with van der Waals surface area (Å²) < 4.78 is 19.1. The molecule has 1 saturated carbocycles. The molecular formula is C22H27FN3O3+. The summed E-state index contributed by atoms with van der Waals surface area (Å²) in [5.41, 5.74) is 1.16. The fraction of sp³-hybridized carbons (Fsp3) is 0.364. The Morgan fingerprint density at radius 2 is 1.93 bits per heavy atom. The number of benzene rings is 2. The summed E-state index contributed by atoms with van der Waals surface area (Å²) >= 11 is 0. The quantitative estimate of drug-likeness (QED) is 0.670. The van der Waals surface area contributed by atoms with Crippen molar-refractivity contribution < 1.29 is 23.6 Å². The zero-order chi connectivity index (χ0) is 20.8. The number of hydrogen-bond acceptors (Lipinski definition) is 3. The first-order chi connectivity index (χ1) is 14.0. The number of methoxy groups -OCH3 is 1. The van der Waals surface area contributed by atoms with Gasteiger partial charge in [-0.3, -0.25) is 9.59 Å². The normalized spacial score (nSPS) is 14.2. The Balaban J connectivity index is 1.54. The van der Waals surface area contributed by atoms with Crippen LogP contribution in [0, 0.1) is 5.82 Å². The molecule has 1 atom stereocenters. The first-order valence-electron chi connectivity index (χ1n) is 9.74. The number of rotatable bonds is 9. The van der Waals surface area contributed by atoms with Crippen LogP contribution in [0.2, 0.25) is 0 Å². The molecule has 0 saturated heterocycles. The number of halogens is 1. The molecule has 0 bridgehead atoms. The molecule has 2 amide bonds. The number of nitrogens with zero attached hydrogens (tertiary/aromatic N) is 1. The van der Waals surface area contributed by atoms with Gasteiger partial charge < -0.3 is 19.9 Å². The van der Waals surface area contributed by atoms with Crippen LogP contribution >= 0.6 is 0 Å². The van der Waals surface area contributed by atoms with Crippen LogP contribution in [0.1, 0.15) is 18.4 Å². The summed E-state index contributed by atoms with van der Waals surface area (Å²) in [6.45, 7) is 0.594. The average Bonchev–Trinajstić information content (AvgIpc) is 3.52. The van der Waals surface area contributed by atoms with Gasteiger partial charge in [0.15, 0.2) is 13.1 Å². The standard InChI is InChI=1S/C22H26FN3O3/c1-25(14-21(27)24-17-7-5-8-19(12-17)29-2)15-22(28)26(18-10-11-18)13-16-6-3-4-9-20(16)23/h3-9,12,18H,10-11,13-15H2,1-2H3,(H,24,27)/p+1. The van der Waals surface area contributed by atoms with Gasteiger partial charge in [0.2, 0.25) is 0 Å². The van der Waals surface area contributed by atoms with E-state index in [-0.39, 0.29) is 43.3 Å². The van der Waals surface area contributed by atoms with E-state index in [0.29, 0.717) is 17.0 Å². The van der Waals surface area contributed by atoms with Crippen LogP contribution in [0.15, 0.2) is 48.5 Å². The molecule has 1 aliphatic carbocycles. The molecule has 0 heterocycles. The van der Waals surface area contributed by atoms with Crippen molar-refractivity contribution >= 4 is 17.5 Å². The van der Waals surface area contributed by atoms with Crippen molar-refractivity contribution in [2.75, 3.05) is 32.6 Å². The zero-order valence-electron chi connectivity index (χ0n) is 16.8. The lowest BCUT2D eigenvalue weighted by atomic mass is 10.2. The number of carbonyl (C=O) groups excluding carboxylic acids is 2. The van der Waals surface area contributed by atoms with E-state index in [1.807, 2.05) is 0 Å². The molecule has 2 aromatic carbocycles. The average molecular weight is 400 g/mol. The lowest BCUT2D eigenvalue weighted by molar-refractivity contribution is -0.862. The molecule has 154 valence electrons. The van der Waals surface area contributed by atoms with Crippen molar-refractivity contribution in [2.45, 2.75) is 25.4 Å². The van der Waals surface area contributed by atoms with E-state index in [4.69, 9.17) is 4.74 Å². The first-order valence-corrected chi connectivity index (χ1v) is 9.74. The third-order valence-electron chi connectivity index (χ3n) is 4.88. The zero-order valence-corrected chi connectivity index (χ0v) is 16.8. The molecule has 2 aromatic rings. The molecular weight excluding hydrogens is 373 g/mol. The molecule has 7 heteroatoms. The van der Waals surface area contributed by atoms with E-state index in [9.17, 15) is 14.0 Å². The fourth-order valence-corrected chi connectivity index (χ4v) is 3.22. The number of hydrogen-bond donors (Lipinski definition) is 2. The van der Waals surface area contributed by atoms with E-state index in [1.165, 1.54) is 6.07 Å². The maximum atomic E-state index is 14.0. The number of quaternary nitrogens is 1. The van der Waals surface area contributed by atoms with E-state index in [2.05, 4.69) is 5.32 Å². The fourth-order valence-electron chi connectivity index (χ4n) is 3.22. The predicted molar refractivity (Wildman–Crippen MR) is 108 cm³/mol. The third kappa shape index (κ3) is 6.02. The highest BCUT2D eigenvalue weighted by Gasteiger charge is 2.34. The Morgan fingerprint density at radius 3 is 2.62 bits per heavy atom. The Hall–Kier alpha value is -2.93. The molecule has 0 aromatic heterocycles. The SMILES string of the molecule is COc1cccc(NC(=O)C[NH+](C)CC(=O)N(Cc2ccccc2F)C2CC2)c1. The summed E-state index contributed by atoms with van der Waals surface area (Å²) in [6, 6.07) is 13.8. The minimum atomic E-state index is -0.302. The molecule has 6 nitrogen and oxygen atoms in total. The van der Waals surface area contributed by atoms with Crippen molar-refractivity contribution in [3.8, 4) is 5.75 Å². The van der Waals surface area contributed by atoms with Crippen LogP contribution in [0.5, 0.6) is 5.75 Å². The minimum Gasteiger partial charge on any atom is -0.497 e. The van der Waals surface area contributed by atoms with Crippen LogP contribution < -0.4 is 15.0 Å². The van der Waals surface area contributed by atoms with Crippen LogP contribution in [-0.4, -0.2) is 50.0 Å². The van der Waals surface area contributed by atoms with Crippen LogP contribution in [0.25, 0.3) is 0 Å². The molecule has 1 fully saturated rings. The van der Waals surface area contributed by atoms with Gasteiger partial charge in [0.1, 0.15) is 11.6 Å².